The van der Waals surface area contributed by atoms with Crippen molar-refractivity contribution in [3.8, 4) is 5.75 Å². The van der Waals surface area contributed by atoms with E-state index in [4.69, 9.17) is 5.73 Å². The fraction of sp³-hybridized carbons (Fsp3) is 0.136. The Morgan fingerprint density at radius 3 is 2.52 bits per heavy atom. The van der Waals surface area contributed by atoms with E-state index in [0.29, 0.717) is 5.56 Å². The summed E-state index contributed by atoms with van der Waals surface area (Å²) in [5, 5.41) is 12.1. The highest BCUT2D eigenvalue weighted by Crippen LogP contribution is 2.28. The summed E-state index contributed by atoms with van der Waals surface area (Å²) >= 11 is 0. The van der Waals surface area contributed by atoms with Crippen LogP contribution in [-0.2, 0) is 0 Å². The number of amides is 1. The first-order valence-corrected chi connectivity index (χ1v) is 9.48. The average Bonchev–Trinajstić information content (AvgIpc) is 2.78. The van der Waals surface area contributed by atoms with E-state index in [2.05, 4.69) is 20.0 Å². The van der Waals surface area contributed by atoms with Crippen LogP contribution < -0.4 is 15.8 Å². The van der Waals surface area contributed by atoms with Gasteiger partial charge in [-0.05, 0) is 42.0 Å². The Balaban J connectivity index is 1.91. The number of anilines is 1. The molecule has 0 aliphatic carbocycles. The fourth-order valence-electron chi connectivity index (χ4n) is 2.89. The minimum atomic E-state index is -3.19. The molecule has 0 aliphatic heterocycles. The van der Waals surface area contributed by atoms with E-state index in [1.807, 2.05) is 0 Å². The molecule has 172 valence electrons. The molecule has 0 fully saturated rings. The smallest absolute Gasteiger partial charge is 0.387 e. The second kappa shape index (κ2) is 10.6. The van der Waals surface area contributed by atoms with Crippen LogP contribution in [0.4, 0.5) is 23.5 Å². The first-order valence-electron chi connectivity index (χ1n) is 9.48. The Bertz CT molecular complexity index is 1160. The van der Waals surface area contributed by atoms with Gasteiger partial charge in [0.1, 0.15) is 17.4 Å². The van der Waals surface area contributed by atoms with Crippen LogP contribution >= 0.6 is 0 Å². The van der Waals surface area contributed by atoms with Crippen LogP contribution in [0.25, 0.3) is 11.9 Å². The van der Waals surface area contributed by atoms with Gasteiger partial charge in [0, 0.05) is 29.1 Å². The van der Waals surface area contributed by atoms with Crippen molar-refractivity contribution in [1.82, 2.24) is 15.3 Å². The lowest BCUT2D eigenvalue weighted by Gasteiger charge is -2.17. The summed E-state index contributed by atoms with van der Waals surface area (Å²) in [7, 11) is 0. The minimum absolute atomic E-state index is 0.0425. The zero-order chi connectivity index (χ0) is 24.0. The second-order valence-corrected chi connectivity index (χ2v) is 6.72. The summed E-state index contributed by atoms with van der Waals surface area (Å²) in [6.45, 7) is -3.72. The van der Waals surface area contributed by atoms with Crippen LogP contribution in [0.5, 0.6) is 5.75 Å². The molecule has 3 aromatic rings. The molecular formula is C22H18F4N4O3. The molecule has 7 nitrogen and oxygen atoms in total. The van der Waals surface area contributed by atoms with Gasteiger partial charge in [-0.15, -0.1) is 0 Å². The Morgan fingerprint density at radius 2 is 1.88 bits per heavy atom. The minimum Gasteiger partial charge on any atom is -0.434 e. The molecule has 0 aliphatic rings. The Morgan fingerprint density at radius 1 is 1.15 bits per heavy atom. The standard InChI is InChI=1S/C22H18F4N4O3/c23-16-3-1-2-12(7-16)18(11-31)30-20(32)13-4-5-19(33-21(25)26)14(6-13)8-17(24)15-9-28-22(27)29-10-15/h1-10,18,21,31H,11H2,(H,30,32)(H2,27,28,29)/b17-8-. The topological polar surface area (TPSA) is 110 Å². The highest BCUT2D eigenvalue weighted by molar-refractivity contribution is 5.96. The number of carbonyl (C=O) groups is 1. The molecule has 1 amide bonds. The number of aliphatic hydroxyl groups excluding tert-OH is 1. The number of nitrogens with two attached hydrogens (primary N) is 1. The molecule has 0 saturated heterocycles. The van der Waals surface area contributed by atoms with Crippen molar-refractivity contribution in [1.29, 1.82) is 0 Å². The van der Waals surface area contributed by atoms with E-state index in [1.54, 1.807) is 0 Å². The fourth-order valence-corrected chi connectivity index (χ4v) is 2.89. The molecule has 33 heavy (non-hydrogen) atoms. The summed E-state index contributed by atoms with van der Waals surface area (Å²) in [4.78, 5) is 20.0. The van der Waals surface area contributed by atoms with Gasteiger partial charge in [0.05, 0.1) is 12.6 Å². The highest BCUT2D eigenvalue weighted by Gasteiger charge is 2.18. The molecule has 0 bridgehead atoms. The van der Waals surface area contributed by atoms with Crippen molar-refractivity contribution in [2.75, 3.05) is 12.3 Å². The quantitative estimate of drug-likeness (QED) is 0.440. The van der Waals surface area contributed by atoms with Crippen molar-refractivity contribution in [3.05, 3.63) is 82.9 Å². The van der Waals surface area contributed by atoms with Crippen LogP contribution in [0, 0.1) is 5.82 Å². The zero-order valence-electron chi connectivity index (χ0n) is 16.9. The third-order valence-corrected chi connectivity index (χ3v) is 4.46. The lowest BCUT2D eigenvalue weighted by molar-refractivity contribution is -0.0499. The van der Waals surface area contributed by atoms with Crippen LogP contribution in [0.3, 0.4) is 0 Å². The first kappa shape index (κ1) is 23.7. The van der Waals surface area contributed by atoms with Gasteiger partial charge in [-0.3, -0.25) is 4.79 Å². The van der Waals surface area contributed by atoms with Gasteiger partial charge < -0.3 is 20.9 Å². The van der Waals surface area contributed by atoms with Gasteiger partial charge in [-0.2, -0.15) is 8.78 Å². The van der Waals surface area contributed by atoms with E-state index in [1.165, 1.54) is 24.3 Å². The van der Waals surface area contributed by atoms with Gasteiger partial charge in [0.2, 0.25) is 5.95 Å². The maximum absolute atomic E-state index is 14.7. The van der Waals surface area contributed by atoms with Crippen LogP contribution in [0.1, 0.15) is 33.1 Å². The number of hydrogen-bond donors (Lipinski definition) is 3. The van der Waals surface area contributed by atoms with E-state index < -0.39 is 36.8 Å². The van der Waals surface area contributed by atoms with Crippen LogP contribution in [-0.4, -0.2) is 34.2 Å². The number of alkyl halides is 2. The predicted molar refractivity (Wildman–Crippen MR) is 112 cm³/mol. The van der Waals surface area contributed by atoms with Gasteiger partial charge >= 0.3 is 6.61 Å². The maximum atomic E-state index is 14.7. The number of rotatable bonds is 8. The first-order chi connectivity index (χ1) is 15.8. The van der Waals surface area contributed by atoms with E-state index >= 15 is 0 Å². The number of halogens is 4. The maximum Gasteiger partial charge on any atom is 0.387 e. The summed E-state index contributed by atoms with van der Waals surface area (Å²) in [5.74, 6) is -2.61. The predicted octanol–water partition coefficient (Wildman–Crippen LogP) is 3.73. The highest BCUT2D eigenvalue weighted by atomic mass is 19.3. The summed E-state index contributed by atoms with van der Waals surface area (Å²) in [6, 6.07) is 7.76. The van der Waals surface area contributed by atoms with Gasteiger partial charge in [0.15, 0.2) is 0 Å². The molecule has 0 spiro atoms. The number of aromatic nitrogens is 2. The molecule has 1 heterocycles. The lowest BCUT2D eigenvalue weighted by atomic mass is 10.0. The van der Waals surface area contributed by atoms with Crippen molar-refractivity contribution < 1.29 is 32.2 Å². The van der Waals surface area contributed by atoms with Crippen LogP contribution in [0.2, 0.25) is 0 Å². The molecule has 1 unspecified atom stereocenters. The second-order valence-electron chi connectivity index (χ2n) is 6.72. The molecule has 2 aromatic carbocycles. The molecule has 11 heteroatoms. The number of benzene rings is 2. The number of carbonyl (C=O) groups excluding carboxylic acids is 1. The van der Waals surface area contributed by atoms with Crippen molar-refractivity contribution in [2.45, 2.75) is 12.7 Å². The molecule has 4 N–H and O–H groups in total. The van der Waals surface area contributed by atoms with E-state index in [-0.39, 0.29) is 28.4 Å². The molecular weight excluding hydrogens is 444 g/mol. The van der Waals surface area contributed by atoms with Crippen LogP contribution in [0.15, 0.2) is 54.9 Å². The Hall–Kier alpha value is -3.99. The summed E-state index contributed by atoms with van der Waals surface area (Å²) in [6.07, 6.45) is 3.08. The number of nitrogens with zero attached hydrogens (tertiary/aromatic N) is 2. The number of nitrogens with one attached hydrogen (secondary N) is 1. The number of nitrogen functional groups attached to an aromatic ring is 1. The third-order valence-electron chi connectivity index (χ3n) is 4.46. The van der Waals surface area contributed by atoms with E-state index in [9.17, 15) is 27.5 Å². The van der Waals surface area contributed by atoms with Gasteiger partial charge in [0.25, 0.3) is 5.91 Å². The molecule has 1 atom stereocenters. The molecule has 3 rings (SSSR count). The zero-order valence-corrected chi connectivity index (χ0v) is 16.9. The molecule has 0 saturated carbocycles. The lowest BCUT2D eigenvalue weighted by Crippen LogP contribution is -2.30. The van der Waals surface area contributed by atoms with Gasteiger partial charge in [-0.1, -0.05) is 12.1 Å². The van der Waals surface area contributed by atoms with E-state index in [0.717, 1.165) is 36.7 Å². The monoisotopic (exact) mass is 462 g/mol. The summed E-state index contributed by atoms with van der Waals surface area (Å²) < 4.78 is 58.1. The number of ether oxygens (including phenoxy) is 1. The third kappa shape index (κ3) is 6.26. The number of aliphatic hydroxyl groups is 1. The van der Waals surface area contributed by atoms with Crippen molar-refractivity contribution >= 4 is 23.8 Å². The SMILES string of the molecule is Nc1ncc(/C(F)=C/c2cc(C(=O)NC(CO)c3cccc(F)c3)ccc2OC(F)F)cn1. The number of hydrogen-bond acceptors (Lipinski definition) is 6. The molecule has 0 radical (unpaired) electrons. The van der Waals surface area contributed by atoms with Crippen molar-refractivity contribution in [2.24, 2.45) is 0 Å². The largest absolute Gasteiger partial charge is 0.434 e. The van der Waals surface area contributed by atoms with Crippen molar-refractivity contribution in [3.63, 3.8) is 0 Å². The normalized spacial score (nSPS) is 12.5. The Labute approximate surface area is 185 Å². The summed E-state index contributed by atoms with van der Waals surface area (Å²) in [5.41, 5.74) is 5.40. The molecule has 1 aromatic heterocycles. The Kier molecular flexibility index (Phi) is 7.57. The van der Waals surface area contributed by atoms with Gasteiger partial charge in [-0.25, -0.2) is 18.7 Å². The average molecular weight is 462 g/mol.